The fraction of sp³-hybridized carbons (Fsp3) is 0.130. The van der Waals surface area contributed by atoms with Crippen molar-refractivity contribution >= 4 is 34.1 Å². The molecular formula is C23H19ClFN5O2. The topological polar surface area (TPSA) is 91.0 Å². The third-order valence-corrected chi connectivity index (χ3v) is 5.45. The first-order valence-electron chi connectivity index (χ1n) is 9.81. The van der Waals surface area contributed by atoms with Crippen LogP contribution in [-0.2, 0) is 6.54 Å². The van der Waals surface area contributed by atoms with Crippen molar-refractivity contribution in [2.45, 2.75) is 19.5 Å². The van der Waals surface area contributed by atoms with Crippen LogP contribution in [0.25, 0.3) is 10.8 Å². The van der Waals surface area contributed by atoms with Gasteiger partial charge < -0.3 is 15.2 Å². The summed E-state index contributed by atoms with van der Waals surface area (Å²) in [6.45, 7) is 2.07. The molecule has 0 bridgehead atoms. The Kier molecular flexibility index (Phi) is 6.13. The van der Waals surface area contributed by atoms with Crippen LogP contribution in [0, 0.1) is 5.82 Å². The summed E-state index contributed by atoms with van der Waals surface area (Å²) in [5.74, 6) is -0.573. The maximum Gasteiger partial charge on any atom is 0.322 e. The first kappa shape index (κ1) is 21.5. The molecule has 1 atom stereocenters. The lowest BCUT2D eigenvalue weighted by Gasteiger charge is -2.30. The predicted octanol–water partition coefficient (Wildman–Crippen LogP) is 4.91. The number of H-pyrrole nitrogens is 1. The number of carbonyl (C=O) groups is 1. The van der Waals surface area contributed by atoms with Gasteiger partial charge in [0.15, 0.2) is 0 Å². The second-order valence-electron chi connectivity index (χ2n) is 7.23. The number of fused-ring (bicyclic) bond motifs is 1. The van der Waals surface area contributed by atoms with Gasteiger partial charge in [-0.2, -0.15) is 0 Å². The van der Waals surface area contributed by atoms with Crippen LogP contribution in [0.4, 0.5) is 14.9 Å². The molecule has 0 aliphatic carbocycles. The summed E-state index contributed by atoms with van der Waals surface area (Å²) in [7, 11) is 0. The minimum atomic E-state index is -0.573. The number of rotatable bonds is 5. The number of nitrogens with zero attached hydrogens (tertiary/aromatic N) is 3. The first-order chi connectivity index (χ1) is 15.4. The Labute approximate surface area is 187 Å². The Morgan fingerprint density at radius 1 is 1.19 bits per heavy atom. The molecule has 2 aromatic heterocycles. The zero-order valence-corrected chi connectivity index (χ0v) is 17.8. The third-order valence-electron chi connectivity index (χ3n) is 5.16. The zero-order chi connectivity index (χ0) is 22.7. The van der Waals surface area contributed by atoms with Crippen molar-refractivity contribution in [2.24, 2.45) is 0 Å². The summed E-state index contributed by atoms with van der Waals surface area (Å²) in [5, 5.41) is 3.95. The third kappa shape index (κ3) is 4.45. The van der Waals surface area contributed by atoms with Gasteiger partial charge in [0.2, 0.25) is 0 Å². The molecule has 0 radical (unpaired) electrons. The van der Waals surface area contributed by atoms with E-state index in [0.29, 0.717) is 11.1 Å². The van der Waals surface area contributed by atoms with Gasteiger partial charge in [-0.1, -0.05) is 29.8 Å². The lowest BCUT2D eigenvalue weighted by atomic mass is 10.0. The van der Waals surface area contributed by atoms with Crippen molar-refractivity contribution in [2.75, 3.05) is 5.32 Å². The zero-order valence-electron chi connectivity index (χ0n) is 17.0. The quantitative estimate of drug-likeness (QED) is 0.451. The highest BCUT2D eigenvalue weighted by Gasteiger charge is 2.24. The normalized spacial score (nSPS) is 11.8. The van der Waals surface area contributed by atoms with Crippen LogP contribution in [0.15, 0.2) is 72.2 Å². The molecule has 1 unspecified atom stereocenters. The molecule has 0 aliphatic rings. The number of halogens is 2. The number of aromatic amines is 1. The molecule has 0 aliphatic heterocycles. The van der Waals surface area contributed by atoms with E-state index in [1.807, 2.05) is 19.1 Å². The second-order valence-corrected chi connectivity index (χ2v) is 7.64. The SMILES string of the molecule is CC(c1c[nH]c(=O)c2ccccc12)N(Cc1cncnc1)C(=O)Nc1ccc(F)c(Cl)c1. The molecule has 0 saturated heterocycles. The number of benzene rings is 2. The molecular weight excluding hydrogens is 433 g/mol. The molecule has 4 rings (SSSR count). The van der Waals surface area contributed by atoms with Crippen LogP contribution in [0.1, 0.15) is 24.1 Å². The van der Waals surface area contributed by atoms with Gasteiger partial charge in [0.1, 0.15) is 12.1 Å². The maximum atomic E-state index is 13.5. The highest BCUT2D eigenvalue weighted by molar-refractivity contribution is 6.31. The van der Waals surface area contributed by atoms with E-state index in [-0.39, 0.29) is 17.1 Å². The van der Waals surface area contributed by atoms with Crippen LogP contribution in [-0.4, -0.2) is 25.9 Å². The van der Waals surface area contributed by atoms with E-state index >= 15 is 0 Å². The van der Waals surface area contributed by atoms with Gasteiger partial charge in [-0.25, -0.2) is 19.2 Å². The van der Waals surface area contributed by atoms with Gasteiger partial charge in [0.05, 0.1) is 17.6 Å². The average Bonchev–Trinajstić information content (AvgIpc) is 2.80. The van der Waals surface area contributed by atoms with Gasteiger partial charge in [-0.3, -0.25) is 4.79 Å². The van der Waals surface area contributed by atoms with E-state index in [0.717, 1.165) is 16.5 Å². The van der Waals surface area contributed by atoms with Crippen molar-refractivity contribution in [1.82, 2.24) is 19.9 Å². The van der Waals surface area contributed by atoms with Gasteiger partial charge in [-0.15, -0.1) is 0 Å². The Balaban J connectivity index is 1.72. The van der Waals surface area contributed by atoms with Crippen molar-refractivity contribution in [3.05, 3.63) is 99.7 Å². The van der Waals surface area contributed by atoms with Gasteiger partial charge >= 0.3 is 6.03 Å². The summed E-state index contributed by atoms with van der Waals surface area (Å²) in [6, 6.07) is 10.3. The number of aromatic nitrogens is 3. The summed E-state index contributed by atoms with van der Waals surface area (Å²) in [6.07, 6.45) is 6.28. The molecule has 4 aromatic rings. The molecule has 2 aromatic carbocycles. The standard InChI is InChI=1S/C23H19ClFN5O2/c1-14(19-11-28-22(31)18-5-3-2-4-17(18)19)30(12-15-9-26-13-27-10-15)23(32)29-16-6-7-21(25)20(24)8-16/h2-11,13-14H,12H2,1H3,(H,28,31)(H,29,32). The minimum absolute atomic E-state index is 0.0921. The van der Waals surface area contributed by atoms with Gasteiger partial charge in [-0.05, 0) is 42.1 Å². The van der Waals surface area contributed by atoms with Crippen LogP contribution in [0.2, 0.25) is 5.02 Å². The Bertz CT molecular complexity index is 1330. The maximum absolute atomic E-state index is 13.5. The molecule has 2 amide bonds. The molecule has 0 spiro atoms. The average molecular weight is 452 g/mol. The second kappa shape index (κ2) is 9.15. The van der Waals surface area contributed by atoms with Crippen LogP contribution in [0.5, 0.6) is 0 Å². The largest absolute Gasteiger partial charge is 0.328 e. The van der Waals surface area contributed by atoms with E-state index in [1.54, 1.807) is 35.6 Å². The molecule has 2 N–H and O–H groups in total. The Morgan fingerprint density at radius 2 is 1.91 bits per heavy atom. The number of hydrogen-bond acceptors (Lipinski definition) is 4. The molecule has 9 heteroatoms. The van der Waals surface area contributed by atoms with E-state index < -0.39 is 17.9 Å². The molecule has 0 saturated carbocycles. The fourth-order valence-electron chi connectivity index (χ4n) is 3.51. The number of urea groups is 1. The van der Waals surface area contributed by atoms with E-state index in [1.165, 1.54) is 24.5 Å². The Morgan fingerprint density at radius 3 is 2.62 bits per heavy atom. The van der Waals surface area contributed by atoms with Crippen molar-refractivity contribution < 1.29 is 9.18 Å². The monoisotopic (exact) mass is 451 g/mol. The van der Waals surface area contributed by atoms with E-state index in [4.69, 9.17) is 11.6 Å². The van der Waals surface area contributed by atoms with Crippen LogP contribution < -0.4 is 10.9 Å². The minimum Gasteiger partial charge on any atom is -0.328 e. The predicted molar refractivity (Wildman–Crippen MR) is 121 cm³/mol. The number of anilines is 1. The van der Waals surface area contributed by atoms with Crippen molar-refractivity contribution in [3.63, 3.8) is 0 Å². The van der Waals surface area contributed by atoms with Crippen molar-refractivity contribution in [3.8, 4) is 0 Å². The summed E-state index contributed by atoms with van der Waals surface area (Å²) >= 11 is 5.86. The highest BCUT2D eigenvalue weighted by atomic mass is 35.5. The number of amides is 2. The highest BCUT2D eigenvalue weighted by Crippen LogP contribution is 2.28. The molecule has 32 heavy (non-hydrogen) atoms. The van der Waals surface area contributed by atoms with Gasteiger partial charge in [0, 0.05) is 35.2 Å². The molecule has 2 heterocycles. The lowest BCUT2D eigenvalue weighted by Crippen LogP contribution is -2.37. The van der Waals surface area contributed by atoms with E-state index in [2.05, 4.69) is 20.3 Å². The molecule has 162 valence electrons. The molecule has 0 fully saturated rings. The van der Waals surface area contributed by atoms with E-state index in [9.17, 15) is 14.0 Å². The molecule has 7 nitrogen and oxygen atoms in total. The van der Waals surface area contributed by atoms with Crippen LogP contribution in [0.3, 0.4) is 0 Å². The fourth-order valence-corrected chi connectivity index (χ4v) is 3.69. The summed E-state index contributed by atoms with van der Waals surface area (Å²) in [5.41, 5.74) is 1.64. The van der Waals surface area contributed by atoms with Crippen molar-refractivity contribution in [1.29, 1.82) is 0 Å². The summed E-state index contributed by atoms with van der Waals surface area (Å²) in [4.78, 5) is 37.9. The Hall–Kier alpha value is -3.78. The number of carbonyl (C=O) groups excluding carboxylic acids is 1. The summed E-state index contributed by atoms with van der Waals surface area (Å²) < 4.78 is 13.5. The number of hydrogen-bond donors (Lipinski definition) is 2. The van der Waals surface area contributed by atoms with Gasteiger partial charge in [0.25, 0.3) is 5.56 Å². The lowest BCUT2D eigenvalue weighted by molar-refractivity contribution is 0.189. The number of nitrogens with one attached hydrogen (secondary N) is 2. The smallest absolute Gasteiger partial charge is 0.322 e. The first-order valence-corrected chi connectivity index (χ1v) is 10.2. The number of pyridine rings is 1. The van der Waals surface area contributed by atoms with Crippen LogP contribution >= 0.6 is 11.6 Å².